The Morgan fingerprint density at radius 3 is 2.55 bits per heavy atom. The van der Waals surface area contributed by atoms with Crippen molar-refractivity contribution in [2.24, 2.45) is 0 Å². The molecule has 1 unspecified atom stereocenters. The SMILES string of the molecule is CCOc1ccccc1C1(c2ccccc2)NC(C=O)=CS1. The quantitative estimate of drug-likeness (QED) is 0.855. The van der Waals surface area contributed by atoms with E-state index in [-0.39, 0.29) is 0 Å². The third kappa shape index (κ3) is 2.50. The van der Waals surface area contributed by atoms with Crippen molar-refractivity contribution in [1.82, 2.24) is 5.32 Å². The number of allylic oxidation sites excluding steroid dienone is 1. The van der Waals surface area contributed by atoms with Crippen LogP contribution in [-0.2, 0) is 9.67 Å². The molecule has 0 amide bonds. The van der Waals surface area contributed by atoms with Crippen LogP contribution in [0, 0.1) is 0 Å². The van der Waals surface area contributed by atoms with Crippen LogP contribution in [0.25, 0.3) is 0 Å². The second kappa shape index (κ2) is 6.28. The molecule has 0 saturated heterocycles. The van der Waals surface area contributed by atoms with E-state index >= 15 is 0 Å². The van der Waals surface area contributed by atoms with Gasteiger partial charge >= 0.3 is 0 Å². The number of nitrogens with one attached hydrogen (secondary N) is 1. The molecule has 22 heavy (non-hydrogen) atoms. The Morgan fingerprint density at radius 1 is 1.14 bits per heavy atom. The van der Waals surface area contributed by atoms with Gasteiger partial charge in [0.2, 0.25) is 0 Å². The molecule has 2 aromatic rings. The summed E-state index contributed by atoms with van der Waals surface area (Å²) in [4.78, 5) is 10.7. The first kappa shape index (κ1) is 14.7. The second-order valence-electron chi connectivity index (χ2n) is 4.91. The van der Waals surface area contributed by atoms with E-state index in [0.29, 0.717) is 12.3 Å². The summed E-state index contributed by atoms with van der Waals surface area (Å²) in [6.45, 7) is 2.57. The third-order valence-electron chi connectivity index (χ3n) is 3.56. The molecule has 1 aliphatic heterocycles. The van der Waals surface area contributed by atoms with Crippen molar-refractivity contribution in [3.63, 3.8) is 0 Å². The zero-order chi connectivity index (χ0) is 15.4. The number of ether oxygens (including phenoxy) is 1. The van der Waals surface area contributed by atoms with Crippen LogP contribution < -0.4 is 10.1 Å². The van der Waals surface area contributed by atoms with Crippen molar-refractivity contribution in [1.29, 1.82) is 0 Å². The number of carbonyl (C=O) groups excluding carboxylic acids is 1. The first-order valence-electron chi connectivity index (χ1n) is 7.19. The van der Waals surface area contributed by atoms with Gasteiger partial charge in [0.1, 0.15) is 10.6 Å². The number of hydrogen-bond donors (Lipinski definition) is 1. The molecule has 1 N–H and O–H groups in total. The van der Waals surface area contributed by atoms with E-state index < -0.39 is 4.87 Å². The van der Waals surface area contributed by atoms with Gasteiger partial charge in [-0.1, -0.05) is 60.3 Å². The Hall–Kier alpha value is -2.20. The summed E-state index contributed by atoms with van der Waals surface area (Å²) < 4.78 is 5.80. The zero-order valence-electron chi connectivity index (χ0n) is 12.3. The highest BCUT2D eigenvalue weighted by atomic mass is 32.2. The topological polar surface area (TPSA) is 38.3 Å². The molecule has 1 heterocycles. The van der Waals surface area contributed by atoms with Gasteiger partial charge in [0.15, 0.2) is 6.29 Å². The normalized spacial score (nSPS) is 20.1. The first-order chi connectivity index (χ1) is 10.8. The van der Waals surface area contributed by atoms with Gasteiger partial charge in [0.25, 0.3) is 0 Å². The van der Waals surface area contributed by atoms with E-state index in [0.717, 1.165) is 23.2 Å². The lowest BCUT2D eigenvalue weighted by Gasteiger charge is -2.32. The van der Waals surface area contributed by atoms with E-state index in [9.17, 15) is 4.79 Å². The fourth-order valence-corrected chi connectivity index (χ4v) is 3.77. The summed E-state index contributed by atoms with van der Waals surface area (Å²) in [6.07, 6.45) is 0.848. The molecule has 0 aromatic heterocycles. The van der Waals surface area contributed by atoms with Crippen LogP contribution in [0.15, 0.2) is 65.7 Å². The van der Waals surface area contributed by atoms with E-state index in [4.69, 9.17) is 4.74 Å². The summed E-state index contributed by atoms with van der Waals surface area (Å²) in [5.41, 5.74) is 2.68. The molecular formula is C18H17NO2S. The Morgan fingerprint density at radius 2 is 1.86 bits per heavy atom. The molecule has 2 aromatic carbocycles. The number of benzene rings is 2. The summed E-state index contributed by atoms with van der Waals surface area (Å²) in [5.74, 6) is 0.828. The van der Waals surface area contributed by atoms with E-state index in [1.807, 2.05) is 54.8 Å². The van der Waals surface area contributed by atoms with Crippen molar-refractivity contribution in [3.05, 3.63) is 76.8 Å². The van der Waals surface area contributed by atoms with Crippen LogP contribution >= 0.6 is 11.8 Å². The van der Waals surface area contributed by atoms with Crippen LogP contribution in [0.5, 0.6) is 5.75 Å². The average Bonchev–Trinajstić information content (AvgIpc) is 3.02. The maximum atomic E-state index is 11.2. The summed E-state index contributed by atoms with van der Waals surface area (Å²) in [5, 5.41) is 5.23. The predicted octanol–water partition coefficient (Wildman–Crippen LogP) is 3.66. The summed E-state index contributed by atoms with van der Waals surface area (Å²) >= 11 is 1.58. The van der Waals surface area contributed by atoms with Crippen molar-refractivity contribution in [2.45, 2.75) is 11.8 Å². The Labute approximate surface area is 134 Å². The highest BCUT2D eigenvalue weighted by Gasteiger charge is 2.40. The van der Waals surface area contributed by atoms with Crippen LogP contribution in [-0.4, -0.2) is 12.9 Å². The molecule has 1 aliphatic rings. The van der Waals surface area contributed by atoms with Gasteiger partial charge in [-0.25, -0.2) is 0 Å². The Bertz CT molecular complexity index is 699. The largest absolute Gasteiger partial charge is 0.493 e. The molecule has 0 aliphatic carbocycles. The molecule has 0 fully saturated rings. The van der Waals surface area contributed by atoms with Gasteiger partial charge in [0, 0.05) is 11.0 Å². The van der Waals surface area contributed by atoms with Crippen molar-refractivity contribution < 1.29 is 9.53 Å². The minimum absolute atomic E-state index is 0.538. The van der Waals surface area contributed by atoms with Crippen molar-refractivity contribution in [2.75, 3.05) is 6.61 Å². The molecule has 112 valence electrons. The van der Waals surface area contributed by atoms with Crippen molar-refractivity contribution >= 4 is 18.0 Å². The summed E-state index contributed by atoms with van der Waals surface area (Å²) in [7, 11) is 0. The molecule has 4 heteroatoms. The lowest BCUT2D eigenvalue weighted by molar-refractivity contribution is -0.105. The number of rotatable bonds is 5. The molecule has 3 nitrogen and oxygen atoms in total. The Kier molecular flexibility index (Phi) is 4.20. The van der Waals surface area contributed by atoms with E-state index in [1.165, 1.54) is 0 Å². The third-order valence-corrected chi connectivity index (χ3v) is 4.84. The average molecular weight is 311 g/mol. The number of para-hydroxylation sites is 1. The molecule has 1 atom stereocenters. The van der Waals surface area contributed by atoms with Crippen molar-refractivity contribution in [3.8, 4) is 5.75 Å². The second-order valence-corrected chi connectivity index (χ2v) is 5.99. The minimum atomic E-state index is -0.538. The zero-order valence-corrected chi connectivity index (χ0v) is 13.1. The number of carbonyl (C=O) groups is 1. The van der Waals surface area contributed by atoms with E-state index in [2.05, 4.69) is 17.4 Å². The maximum Gasteiger partial charge on any atom is 0.166 e. The van der Waals surface area contributed by atoms with Gasteiger partial charge in [-0.3, -0.25) is 4.79 Å². The summed E-state index contributed by atoms with van der Waals surface area (Å²) in [6, 6.07) is 18.1. The lowest BCUT2D eigenvalue weighted by Crippen LogP contribution is -2.37. The standard InChI is InChI=1S/C18H17NO2S/c1-2-21-17-11-7-6-10-16(17)18(14-8-4-3-5-9-14)19-15(12-20)13-22-18/h3-13,19H,2H2,1H3. The number of thioether (sulfide) groups is 1. The first-order valence-corrected chi connectivity index (χ1v) is 8.07. The fraction of sp³-hybridized carbons (Fsp3) is 0.167. The fourth-order valence-electron chi connectivity index (χ4n) is 2.61. The molecule has 0 spiro atoms. The minimum Gasteiger partial charge on any atom is -0.493 e. The lowest BCUT2D eigenvalue weighted by atomic mass is 9.96. The van der Waals surface area contributed by atoms with Gasteiger partial charge in [-0.05, 0) is 18.6 Å². The number of aldehydes is 1. The smallest absolute Gasteiger partial charge is 0.166 e. The predicted molar refractivity (Wildman–Crippen MR) is 89.7 cm³/mol. The molecular weight excluding hydrogens is 294 g/mol. The van der Waals surface area contributed by atoms with Gasteiger partial charge in [-0.15, -0.1) is 0 Å². The highest BCUT2D eigenvalue weighted by Crippen LogP contribution is 2.48. The van der Waals surface area contributed by atoms with Gasteiger partial charge in [0.05, 0.1) is 12.3 Å². The number of hydrogen-bond acceptors (Lipinski definition) is 4. The van der Waals surface area contributed by atoms with Crippen LogP contribution in [0.3, 0.4) is 0 Å². The van der Waals surface area contributed by atoms with E-state index in [1.54, 1.807) is 11.8 Å². The maximum absolute atomic E-state index is 11.2. The van der Waals surface area contributed by atoms with Gasteiger partial charge in [-0.2, -0.15) is 0 Å². The Balaban J connectivity index is 2.14. The van der Waals surface area contributed by atoms with Crippen LogP contribution in [0.2, 0.25) is 0 Å². The van der Waals surface area contributed by atoms with Gasteiger partial charge < -0.3 is 10.1 Å². The van der Waals surface area contributed by atoms with Crippen LogP contribution in [0.1, 0.15) is 18.1 Å². The molecule has 0 radical (unpaired) electrons. The molecule has 0 bridgehead atoms. The molecule has 0 saturated carbocycles. The molecule has 3 rings (SSSR count). The monoisotopic (exact) mass is 311 g/mol. The highest BCUT2D eigenvalue weighted by molar-refractivity contribution is 8.03. The van der Waals surface area contributed by atoms with Crippen LogP contribution in [0.4, 0.5) is 0 Å².